The van der Waals surface area contributed by atoms with Crippen LogP contribution in [-0.2, 0) is 25.5 Å². The van der Waals surface area contributed by atoms with Crippen LogP contribution in [0.3, 0.4) is 0 Å². The summed E-state index contributed by atoms with van der Waals surface area (Å²) in [5.41, 5.74) is -11.0. The van der Waals surface area contributed by atoms with Crippen LogP contribution in [0.25, 0.3) is 0 Å². The van der Waals surface area contributed by atoms with Gasteiger partial charge in [0.1, 0.15) is 0 Å². The van der Waals surface area contributed by atoms with E-state index in [1.807, 2.05) is 36.4 Å². The van der Waals surface area contributed by atoms with Crippen molar-refractivity contribution >= 4 is 28.8 Å². The van der Waals surface area contributed by atoms with Crippen molar-refractivity contribution in [3.8, 4) is 0 Å². The van der Waals surface area contributed by atoms with E-state index in [0.29, 0.717) is 0 Å². The quantitative estimate of drug-likeness (QED) is 0.118. The highest BCUT2D eigenvalue weighted by molar-refractivity contribution is 8.09. The molecule has 0 bridgehead atoms. The van der Waals surface area contributed by atoms with Gasteiger partial charge in [-0.3, -0.25) is 0 Å². The Morgan fingerprint density at radius 1 is 0.579 bits per heavy atom. The molecule has 0 saturated heterocycles. The molecule has 0 amide bonds. The third-order valence-electron chi connectivity index (χ3n) is 5.79. The number of alkyl halides is 6. The number of halogens is 6. The van der Waals surface area contributed by atoms with Gasteiger partial charge < -0.3 is 0 Å². The first-order chi connectivity index (χ1) is 17.7. The molecule has 3 rings (SSSR count). The van der Waals surface area contributed by atoms with Crippen molar-refractivity contribution < 1.29 is 43.2 Å². The number of hydrogen-bond donors (Lipinski definition) is 0. The summed E-state index contributed by atoms with van der Waals surface area (Å²) < 4.78 is 125. The molecule has 0 aliphatic heterocycles. The molecule has 1 unspecified atom stereocenters. The first kappa shape index (κ1) is 30.1. The molecule has 0 aliphatic carbocycles. The summed E-state index contributed by atoms with van der Waals surface area (Å²) in [4.78, 5) is 0. The predicted octanol–water partition coefficient (Wildman–Crippen LogP) is 6.40. The second kappa shape index (κ2) is 11.3. The van der Waals surface area contributed by atoms with Gasteiger partial charge in [0, 0.05) is 5.41 Å². The largest absolute Gasteiger partial charge is 0.512 e. The molecule has 0 heterocycles. The van der Waals surface area contributed by atoms with Crippen LogP contribution < -0.4 is 0 Å². The highest BCUT2D eigenvalue weighted by Crippen LogP contribution is 2.46. The van der Waals surface area contributed by atoms with E-state index < -0.39 is 54.9 Å². The molecule has 38 heavy (non-hydrogen) atoms. The summed E-state index contributed by atoms with van der Waals surface area (Å²) >= 11 is 0. The van der Waals surface area contributed by atoms with Crippen LogP contribution in [0, 0.1) is 0 Å². The van der Waals surface area contributed by atoms with Crippen LogP contribution in [0.5, 0.6) is 0 Å². The molecule has 3 aromatic carbocycles. The molecule has 0 fully saturated rings. The lowest BCUT2D eigenvalue weighted by atomic mass is 9.67. The van der Waals surface area contributed by atoms with Crippen LogP contribution in [0.4, 0.5) is 26.3 Å². The first-order valence-electron chi connectivity index (χ1n) is 11.0. The maximum absolute atomic E-state index is 13.1. The van der Waals surface area contributed by atoms with E-state index in [4.69, 9.17) is 0 Å². The van der Waals surface area contributed by atoms with Gasteiger partial charge in [0.15, 0.2) is 0 Å². The lowest BCUT2D eigenvalue weighted by Gasteiger charge is -2.36. The van der Waals surface area contributed by atoms with Gasteiger partial charge in [-0.15, -0.1) is 0 Å². The van der Waals surface area contributed by atoms with E-state index in [1.165, 1.54) is 0 Å². The molecule has 5 nitrogen and oxygen atoms in total. The molecular formula is C24H22F6NO4PS2. The fourth-order valence-corrected chi connectivity index (χ4v) is 9.07. The van der Waals surface area contributed by atoms with Crippen molar-refractivity contribution in [1.29, 1.82) is 0 Å². The Morgan fingerprint density at radius 2 is 0.895 bits per heavy atom. The van der Waals surface area contributed by atoms with Gasteiger partial charge in [-0.05, 0) is 44.4 Å². The van der Waals surface area contributed by atoms with Crippen molar-refractivity contribution in [2.75, 3.05) is 6.16 Å². The fraction of sp³-hybridized carbons (Fsp3) is 0.250. The maximum atomic E-state index is 13.1. The minimum absolute atomic E-state index is 0.103. The van der Waals surface area contributed by atoms with Gasteiger partial charge in [0.2, 0.25) is 0 Å². The van der Waals surface area contributed by atoms with Crippen molar-refractivity contribution in [3.05, 3.63) is 108 Å². The zero-order chi connectivity index (χ0) is 28.2. The maximum Gasteiger partial charge on any atom is 0.512 e. The molecular weight excluding hydrogens is 575 g/mol. The summed E-state index contributed by atoms with van der Waals surface area (Å²) in [5, 5.41) is 0. The topological polar surface area (TPSA) is 71.5 Å². The standard InChI is InChI=1S/C24H22F6NO4PS2/c25-23(26,27)37(32,33)31(38(34,35)24(28,29)30)36-18-10-17-22(19-11-4-1-5-12-19,20-13-6-2-7-14-20)21-15-8-3-9-16-21/h1-9,11-16,36H,10,17-18H2. The molecule has 14 heteroatoms. The number of nitrogens with zero attached hydrogens (tertiary/aromatic N) is 1. The molecule has 1 atom stereocenters. The van der Waals surface area contributed by atoms with Crippen LogP contribution >= 0.6 is 8.73 Å². The van der Waals surface area contributed by atoms with Crippen molar-refractivity contribution in [3.63, 3.8) is 0 Å². The van der Waals surface area contributed by atoms with Gasteiger partial charge in [-0.1, -0.05) is 94.5 Å². The van der Waals surface area contributed by atoms with E-state index >= 15 is 0 Å². The minimum Gasteiger partial charge on any atom is -0.201 e. The Bertz CT molecular complexity index is 1280. The fourth-order valence-electron chi connectivity index (χ4n) is 4.11. The molecule has 0 spiro atoms. The normalized spacial score (nSPS) is 13.9. The molecule has 0 saturated carbocycles. The van der Waals surface area contributed by atoms with E-state index in [0.717, 1.165) is 16.7 Å². The molecule has 0 aromatic heterocycles. The predicted molar refractivity (Wildman–Crippen MR) is 133 cm³/mol. The zero-order valence-electron chi connectivity index (χ0n) is 19.4. The van der Waals surface area contributed by atoms with Gasteiger partial charge in [-0.2, -0.15) is 26.3 Å². The van der Waals surface area contributed by atoms with Gasteiger partial charge in [0.05, 0.1) is 0 Å². The monoisotopic (exact) mass is 597 g/mol. The third kappa shape index (κ3) is 5.90. The van der Waals surface area contributed by atoms with Crippen molar-refractivity contribution in [1.82, 2.24) is 3.48 Å². The number of rotatable bonds is 10. The number of benzene rings is 3. The molecule has 0 N–H and O–H groups in total. The Morgan fingerprint density at radius 3 is 1.18 bits per heavy atom. The van der Waals surface area contributed by atoms with E-state index in [1.54, 1.807) is 54.6 Å². The molecule has 0 radical (unpaired) electrons. The number of sulfonamides is 2. The lowest BCUT2D eigenvalue weighted by molar-refractivity contribution is -0.0504. The summed E-state index contributed by atoms with van der Waals surface area (Å²) in [6.45, 7) is 0. The van der Waals surface area contributed by atoms with Crippen LogP contribution in [0.1, 0.15) is 29.5 Å². The second-order valence-electron chi connectivity index (χ2n) is 8.11. The Balaban J connectivity index is 2.02. The van der Waals surface area contributed by atoms with Crippen molar-refractivity contribution in [2.24, 2.45) is 0 Å². The van der Waals surface area contributed by atoms with E-state index in [-0.39, 0.29) is 12.8 Å². The zero-order valence-corrected chi connectivity index (χ0v) is 22.1. The van der Waals surface area contributed by atoms with Gasteiger partial charge in [-0.25, -0.2) is 16.8 Å². The van der Waals surface area contributed by atoms with E-state index in [9.17, 15) is 43.2 Å². The Labute approximate surface area is 218 Å². The smallest absolute Gasteiger partial charge is 0.201 e. The van der Waals surface area contributed by atoms with Gasteiger partial charge in [0.25, 0.3) is 0 Å². The lowest BCUT2D eigenvalue weighted by Crippen LogP contribution is -2.45. The average Bonchev–Trinajstić information content (AvgIpc) is 2.86. The Hall–Kier alpha value is -2.47. The highest BCUT2D eigenvalue weighted by Gasteiger charge is 2.61. The summed E-state index contributed by atoms with van der Waals surface area (Å²) in [7, 11) is -15.5. The molecule has 206 valence electrons. The molecule has 0 aliphatic rings. The Kier molecular flexibility index (Phi) is 8.97. The highest BCUT2D eigenvalue weighted by atomic mass is 32.3. The van der Waals surface area contributed by atoms with Crippen LogP contribution in [-0.4, -0.2) is 37.5 Å². The van der Waals surface area contributed by atoms with Gasteiger partial charge >= 0.3 is 31.1 Å². The SMILES string of the molecule is O=S(=O)(N(PCCCC(c1ccccc1)(c1ccccc1)c1ccccc1)S(=O)(=O)C(F)(F)F)C(F)(F)F. The van der Waals surface area contributed by atoms with Crippen molar-refractivity contribution in [2.45, 2.75) is 29.3 Å². The number of hydrogen-bond acceptors (Lipinski definition) is 4. The minimum atomic E-state index is -6.81. The van der Waals surface area contributed by atoms with Crippen LogP contribution in [0.15, 0.2) is 91.0 Å². The first-order valence-corrected chi connectivity index (χ1v) is 15.0. The molecule has 3 aromatic rings. The summed E-state index contributed by atoms with van der Waals surface area (Å²) in [5.74, 6) is 0. The second-order valence-corrected chi connectivity index (χ2v) is 13.8. The van der Waals surface area contributed by atoms with Crippen LogP contribution in [0.2, 0.25) is 0 Å². The average molecular weight is 598 g/mol. The third-order valence-corrected chi connectivity index (χ3v) is 12.1. The summed E-state index contributed by atoms with van der Waals surface area (Å²) in [6, 6.07) is 27.0. The van der Waals surface area contributed by atoms with E-state index in [2.05, 4.69) is 0 Å². The summed E-state index contributed by atoms with van der Waals surface area (Å²) in [6.07, 6.45) is -0.544.